The van der Waals surface area contributed by atoms with Crippen molar-refractivity contribution in [2.24, 2.45) is 12.5 Å². The molecule has 3 atom stereocenters. The first-order valence-corrected chi connectivity index (χ1v) is 19.0. The van der Waals surface area contributed by atoms with E-state index in [0.717, 1.165) is 69.0 Å². The number of anilines is 2. The zero-order valence-corrected chi connectivity index (χ0v) is 31.2. The van der Waals surface area contributed by atoms with Crippen molar-refractivity contribution in [3.05, 3.63) is 85.7 Å². The van der Waals surface area contributed by atoms with Gasteiger partial charge in [0.25, 0.3) is 5.56 Å². The van der Waals surface area contributed by atoms with Crippen LogP contribution < -0.4 is 21.1 Å². The van der Waals surface area contributed by atoms with Crippen LogP contribution in [0.4, 0.5) is 11.4 Å². The van der Waals surface area contributed by atoms with E-state index in [-0.39, 0.29) is 29.3 Å². The zero-order valence-electron chi connectivity index (χ0n) is 29.6. The minimum Gasteiger partial charge on any atom is -0.379 e. The number of imide groups is 1. The highest BCUT2D eigenvalue weighted by Gasteiger charge is 2.38. The molecule has 7 rings (SSSR count). The number of nitrogens with zero attached hydrogens (tertiary/aromatic N) is 5. The number of halogens is 1. The van der Waals surface area contributed by atoms with Crippen LogP contribution >= 0.6 is 15.9 Å². The number of piperidine rings is 4. The second kappa shape index (κ2) is 14.6. The minimum atomic E-state index is -0.232. The minimum absolute atomic E-state index is 0.136. The lowest BCUT2D eigenvalue weighted by molar-refractivity contribution is -0.134. The van der Waals surface area contributed by atoms with Crippen molar-refractivity contribution in [2.45, 2.75) is 76.3 Å². The summed E-state index contributed by atoms with van der Waals surface area (Å²) >= 11 is 3.46. The molecule has 4 fully saturated rings. The van der Waals surface area contributed by atoms with E-state index in [9.17, 15) is 14.4 Å². The topological polar surface area (TPSA) is 103 Å². The van der Waals surface area contributed by atoms with Gasteiger partial charge >= 0.3 is 0 Å². The number of carbonyl (C=O) groups excluding carboxylic acids is 2. The van der Waals surface area contributed by atoms with Crippen molar-refractivity contribution in [2.75, 3.05) is 56.5 Å². The van der Waals surface area contributed by atoms with Gasteiger partial charge in [-0.15, -0.1) is 0 Å². The number of nitrogens with one attached hydrogen (secondary N) is 2. The zero-order chi connectivity index (χ0) is 35.0. The Morgan fingerprint density at radius 3 is 2.38 bits per heavy atom. The maximum atomic E-state index is 12.4. The van der Waals surface area contributed by atoms with Crippen molar-refractivity contribution in [1.82, 2.24) is 24.9 Å². The molecule has 10 nitrogen and oxygen atoms in total. The summed E-state index contributed by atoms with van der Waals surface area (Å²) in [4.78, 5) is 43.9. The quantitative estimate of drug-likeness (QED) is 0.321. The van der Waals surface area contributed by atoms with E-state index < -0.39 is 0 Å². The molecule has 3 aromatic rings. The molecule has 2 aromatic carbocycles. The van der Waals surface area contributed by atoms with Crippen LogP contribution in [0.15, 0.2) is 57.9 Å². The van der Waals surface area contributed by atoms with Gasteiger partial charge in [0.05, 0.1) is 17.8 Å². The number of aromatic nitrogens is 2. The fourth-order valence-corrected chi connectivity index (χ4v) is 9.29. The van der Waals surface area contributed by atoms with Crippen molar-refractivity contribution in [1.29, 1.82) is 0 Å². The average Bonchev–Trinajstić information content (AvgIpc) is 3.10. The highest BCUT2D eigenvalue weighted by molar-refractivity contribution is 9.10. The maximum absolute atomic E-state index is 12.4. The molecule has 5 heterocycles. The SMILES string of the molecule is Cc1cc(N2CCC3(CCN(Cc4ccc([C@H]5C[C@@H](Nc6cnn(C)c(=O)c6Br)CN(C)C5)cc4)CC3)CC2)ccc1C1CCC(=O)NC1=O. The van der Waals surface area contributed by atoms with Crippen LogP contribution in [0, 0.1) is 12.3 Å². The van der Waals surface area contributed by atoms with Crippen molar-refractivity contribution in [3.63, 3.8) is 0 Å². The molecule has 11 heteroatoms. The summed E-state index contributed by atoms with van der Waals surface area (Å²) in [6.07, 6.45) is 8.70. The number of amides is 2. The fraction of sp³-hybridized carbons (Fsp3) is 0.538. The number of rotatable bonds is 7. The van der Waals surface area contributed by atoms with Crippen LogP contribution in [0.2, 0.25) is 0 Å². The second-order valence-corrected chi connectivity index (χ2v) is 16.1. The molecule has 2 amide bonds. The number of aryl methyl sites for hydroxylation is 2. The van der Waals surface area contributed by atoms with E-state index >= 15 is 0 Å². The number of carbonyl (C=O) groups is 2. The lowest BCUT2D eigenvalue weighted by Crippen LogP contribution is -2.46. The third-order valence-corrected chi connectivity index (χ3v) is 12.7. The van der Waals surface area contributed by atoms with Gasteiger partial charge in [-0.05, 0) is 127 Å². The smallest absolute Gasteiger partial charge is 0.282 e. The average molecular weight is 745 g/mol. The number of likely N-dealkylation sites (tertiary alicyclic amines) is 2. The molecule has 4 aliphatic rings. The molecular formula is C39H50BrN7O3. The highest BCUT2D eigenvalue weighted by atomic mass is 79.9. The Morgan fingerprint density at radius 2 is 1.68 bits per heavy atom. The first-order valence-electron chi connectivity index (χ1n) is 18.2. The summed E-state index contributed by atoms with van der Waals surface area (Å²) in [5.41, 5.74) is 7.23. The summed E-state index contributed by atoms with van der Waals surface area (Å²) in [5, 5.41) is 10.3. The van der Waals surface area contributed by atoms with Crippen molar-refractivity contribution < 1.29 is 9.59 Å². The molecule has 1 unspecified atom stereocenters. The Bertz CT molecular complexity index is 1780. The Hall–Kier alpha value is -3.54. The highest BCUT2D eigenvalue weighted by Crippen LogP contribution is 2.43. The van der Waals surface area contributed by atoms with Crippen LogP contribution in [-0.4, -0.2) is 83.8 Å². The molecule has 4 aliphatic heterocycles. The van der Waals surface area contributed by atoms with Gasteiger partial charge in [0.15, 0.2) is 0 Å². The molecular weight excluding hydrogens is 694 g/mol. The van der Waals surface area contributed by atoms with Crippen LogP contribution in [0.25, 0.3) is 0 Å². The molecule has 0 bridgehead atoms. The van der Waals surface area contributed by atoms with Crippen LogP contribution in [-0.2, 0) is 23.2 Å². The summed E-state index contributed by atoms with van der Waals surface area (Å²) in [7, 11) is 3.83. The van der Waals surface area contributed by atoms with Gasteiger partial charge in [0, 0.05) is 57.9 Å². The summed E-state index contributed by atoms with van der Waals surface area (Å²) in [6, 6.07) is 16.0. The fourth-order valence-electron chi connectivity index (χ4n) is 8.81. The first-order chi connectivity index (χ1) is 24.1. The monoisotopic (exact) mass is 743 g/mol. The van der Waals surface area contributed by atoms with E-state index in [1.807, 2.05) is 0 Å². The summed E-state index contributed by atoms with van der Waals surface area (Å²) in [5.74, 6) is -0.139. The van der Waals surface area contributed by atoms with Crippen molar-refractivity contribution in [3.8, 4) is 0 Å². The lowest BCUT2D eigenvalue weighted by Gasteiger charge is -2.47. The number of likely N-dealkylation sites (N-methyl/N-ethyl adjacent to an activating group) is 1. The normalized spacial score (nSPS) is 24.7. The van der Waals surface area contributed by atoms with Crippen LogP contribution in [0.5, 0.6) is 0 Å². The molecule has 0 radical (unpaired) electrons. The molecule has 1 aromatic heterocycles. The van der Waals surface area contributed by atoms with E-state index in [2.05, 4.69) is 103 Å². The predicted octanol–water partition coefficient (Wildman–Crippen LogP) is 5.15. The van der Waals surface area contributed by atoms with E-state index in [4.69, 9.17) is 0 Å². The summed E-state index contributed by atoms with van der Waals surface area (Å²) < 4.78 is 1.87. The van der Waals surface area contributed by atoms with Gasteiger partial charge in [-0.25, -0.2) is 4.68 Å². The standard InChI is InChI=1S/C39H50BrN7O3/c1-26-20-31(8-9-32(26)33-10-11-35(48)43-37(33)49)47-18-14-39(15-19-47)12-16-46(17-13-39)23-27-4-6-28(7-5-27)29-21-30(25-44(2)24-29)42-34-22-41-45(3)38(50)36(34)40/h4-9,20,22,29-30,33,42H,10-19,21,23-25H2,1-3H3,(H,43,48,49)/t29-,30+,33?/m0/s1. The Labute approximate surface area is 303 Å². The maximum Gasteiger partial charge on any atom is 0.282 e. The molecule has 266 valence electrons. The second-order valence-electron chi connectivity index (χ2n) is 15.3. The summed E-state index contributed by atoms with van der Waals surface area (Å²) in [6.45, 7) is 9.47. The Kier molecular flexibility index (Phi) is 10.2. The van der Waals surface area contributed by atoms with Gasteiger partial charge < -0.3 is 15.1 Å². The number of hydrogen-bond donors (Lipinski definition) is 2. The predicted molar refractivity (Wildman–Crippen MR) is 201 cm³/mol. The number of benzene rings is 2. The van der Waals surface area contributed by atoms with E-state index in [1.54, 1.807) is 13.2 Å². The molecule has 1 spiro atoms. The van der Waals surface area contributed by atoms with Gasteiger partial charge in [0.2, 0.25) is 11.8 Å². The Balaban J connectivity index is 0.888. The van der Waals surface area contributed by atoms with E-state index in [1.165, 1.54) is 47.2 Å². The molecule has 50 heavy (non-hydrogen) atoms. The van der Waals surface area contributed by atoms with E-state index in [0.29, 0.717) is 28.6 Å². The van der Waals surface area contributed by atoms with Gasteiger partial charge in [-0.1, -0.05) is 30.3 Å². The molecule has 4 saturated heterocycles. The lowest BCUT2D eigenvalue weighted by atomic mass is 9.71. The van der Waals surface area contributed by atoms with Crippen LogP contribution in [0.1, 0.15) is 79.0 Å². The largest absolute Gasteiger partial charge is 0.379 e. The van der Waals surface area contributed by atoms with Crippen LogP contribution in [0.3, 0.4) is 0 Å². The van der Waals surface area contributed by atoms with Gasteiger partial charge in [-0.3, -0.25) is 24.6 Å². The third-order valence-electron chi connectivity index (χ3n) is 11.9. The molecule has 0 aliphatic carbocycles. The third kappa shape index (κ3) is 7.55. The number of hydrogen-bond acceptors (Lipinski definition) is 8. The van der Waals surface area contributed by atoms with Crippen molar-refractivity contribution >= 4 is 39.1 Å². The molecule has 2 N–H and O–H groups in total. The Morgan fingerprint density at radius 1 is 0.960 bits per heavy atom. The van der Waals surface area contributed by atoms with Gasteiger partial charge in [0.1, 0.15) is 4.47 Å². The molecule has 0 saturated carbocycles. The first kappa shape index (κ1) is 34.9. The van der Waals surface area contributed by atoms with Gasteiger partial charge in [-0.2, -0.15) is 5.10 Å².